The molecule has 0 radical (unpaired) electrons. The lowest BCUT2D eigenvalue weighted by atomic mass is 10.2. The minimum Gasteiger partial charge on any atom is -0.460 e. The second-order valence-corrected chi connectivity index (χ2v) is 5.22. The Bertz CT molecular complexity index is 748. The molecule has 25 heavy (non-hydrogen) atoms. The summed E-state index contributed by atoms with van der Waals surface area (Å²) >= 11 is 0. The maximum absolute atomic E-state index is 11.7. The quantitative estimate of drug-likeness (QED) is 0.646. The van der Waals surface area contributed by atoms with E-state index in [1.807, 2.05) is 60.7 Å². The third-order valence-electron chi connectivity index (χ3n) is 3.21. The van der Waals surface area contributed by atoms with Gasteiger partial charge in [0.1, 0.15) is 19.6 Å². The van der Waals surface area contributed by atoms with Gasteiger partial charge in [-0.3, -0.25) is 4.79 Å². The van der Waals surface area contributed by atoms with Crippen molar-refractivity contribution in [1.82, 2.24) is 0 Å². The lowest BCUT2D eigenvalue weighted by Crippen LogP contribution is -2.30. The summed E-state index contributed by atoms with van der Waals surface area (Å²) in [6.45, 7) is 0.320. The van der Waals surface area contributed by atoms with E-state index >= 15 is 0 Å². The molecule has 2 aromatic rings. The van der Waals surface area contributed by atoms with Crippen molar-refractivity contribution in [3.05, 3.63) is 71.8 Å². The summed E-state index contributed by atoms with van der Waals surface area (Å²) in [6, 6.07) is 17.5. The first kappa shape index (κ1) is 18.2. The number of ether oxygens (including phenoxy) is 2. The van der Waals surface area contributed by atoms with Gasteiger partial charge in [-0.2, -0.15) is 0 Å². The highest BCUT2D eigenvalue weighted by atomic mass is 16.5. The van der Waals surface area contributed by atoms with Crippen LogP contribution in [0.3, 0.4) is 0 Å². The maximum Gasteiger partial charge on any atom is 0.335 e. The van der Waals surface area contributed by atoms with Gasteiger partial charge in [0.2, 0.25) is 0 Å². The number of hydrogen-bond acceptors (Lipinski definition) is 5. The van der Waals surface area contributed by atoms with Crippen molar-refractivity contribution in [3.63, 3.8) is 0 Å². The smallest absolute Gasteiger partial charge is 0.335 e. The van der Waals surface area contributed by atoms with Gasteiger partial charge in [0.15, 0.2) is 6.04 Å². The molecule has 0 saturated carbocycles. The van der Waals surface area contributed by atoms with Crippen molar-refractivity contribution in [2.45, 2.75) is 25.7 Å². The number of esters is 2. The molecule has 2 rings (SSSR count). The van der Waals surface area contributed by atoms with E-state index in [-0.39, 0.29) is 19.6 Å². The number of nitrogens with two attached hydrogens (primary N) is 1. The first-order valence-electron chi connectivity index (χ1n) is 7.79. The molecule has 0 aliphatic heterocycles. The van der Waals surface area contributed by atoms with Crippen molar-refractivity contribution in [2.75, 3.05) is 0 Å². The zero-order valence-corrected chi connectivity index (χ0v) is 13.7. The number of carbonyl (C=O) groups is 2. The third-order valence-corrected chi connectivity index (χ3v) is 3.21. The molecule has 1 unspecified atom stereocenters. The molecule has 0 amide bonds. The van der Waals surface area contributed by atoms with Crippen molar-refractivity contribution in [2.24, 2.45) is 5.73 Å². The third kappa shape index (κ3) is 6.90. The van der Waals surface area contributed by atoms with Gasteiger partial charge in [-0.05, 0) is 11.1 Å². The standard InChI is InChI=1S/C20H19NO4/c21-18(20(23)25-15-17-10-5-2-6-11-17)12-7-13-19(22)24-14-16-8-3-1-4-9-16/h1-6,8-11,18H,13-15,21H2. The Morgan fingerprint density at radius 2 is 1.40 bits per heavy atom. The van der Waals surface area contributed by atoms with Crippen molar-refractivity contribution in [3.8, 4) is 11.8 Å². The second kappa shape index (κ2) is 9.91. The molecule has 0 fully saturated rings. The van der Waals surface area contributed by atoms with Crippen LogP contribution in [0.2, 0.25) is 0 Å². The Balaban J connectivity index is 1.70. The van der Waals surface area contributed by atoms with Crippen LogP contribution in [0.5, 0.6) is 0 Å². The van der Waals surface area contributed by atoms with Crippen molar-refractivity contribution < 1.29 is 19.1 Å². The van der Waals surface area contributed by atoms with E-state index in [9.17, 15) is 9.59 Å². The summed E-state index contributed by atoms with van der Waals surface area (Å²) in [7, 11) is 0. The van der Waals surface area contributed by atoms with Crippen LogP contribution in [0.25, 0.3) is 0 Å². The zero-order chi connectivity index (χ0) is 17.9. The predicted octanol–water partition coefficient (Wildman–Crippen LogP) is 2.19. The molecule has 5 nitrogen and oxygen atoms in total. The van der Waals surface area contributed by atoms with E-state index in [4.69, 9.17) is 15.2 Å². The van der Waals surface area contributed by atoms with Crippen LogP contribution in [0.4, 0.5) is 0 Å². The molecule has 0 saturated heterocycles. The van der Waals surface area contributed by atoms with Crippen LogP contribution < -0.4 is 5.73 Å². The topological polar surface area (TPSA) is 78.6 Å². The molecule has 0 bridgehead atoms. The SMILES string of the molecule is NC(C#CCC(=O)OCc1ccccc1)C(=O)OCc1ccccc1. The van der Waals surface area contributed by atoms with Crippen LogP contribution in [-0.4, -0.2) is 18.0 Å². The molecule has 0 aromatic heterocycles. The summed E-state index contributed by atoms with van der Waals surface area (Å²) in [6.07, 6.45) is -0.132. The molecule has 0 heterocycles. The highest BCUT2D eigenvalue weighted by Gasteiger charge is 2.12. The van der Waals surface area contributed by atoms with Crippen LogP contribution in [0.15, 0.2) is 60.7 Å². The van der Waals surface area contributed by atoms with Gasteiger partial charge in [-0.15, -0.1) is 0 Å². The normalized spacial score (nSPS) is 10.9. The molecule has 128 valence electrons. The zero-order valence-electron chi connectivity index (χ0n) is 13.7. The average Bonchev–Trinajstić information content (AvgIpc) is 2.66. The van der Waals surface area contributed by atoms with Crippen LogP contribution in [-0.2, 0) is 32.3 Å². The van der Waals surface area contributed by atoms with E-state index in [0.717, 1.165) is 11.1 Å². The molecule has 0 spiro atoms. The Morgan fingerprint density at radius 3 is 1.96 bits per heavy atom. The fraction of sp³-hybridized carbons (Fsp3) is 0.200. The Hall–Kier alpha value is -3.10. The summed E-state index contributed by atoms with van der Waals surface area (Å²) in [4.78, 5) is 23.3. The molecule has 2 aromatic carbocycles. The maximum atomic E-state index is 11.7. The second-order valence-electron chi connectivity index (χ2n) is 5.22. The fourth-order valence-electron chi connectivity index (χ4n) is 1.90. The molecule has 2 N–H and O–H groups in total. The van der Waals surface area contributed by atoms with Gasteiger partial charge in [0.05, 0.1) is 0 Å². The monoisotopic (exact) mass is 337 g/mol. The number of hydrogen-bond donors (Lipinski definition) is 1. The fourth-order valence-corrected chi connectivity index (χ4v) is 1.90. The largest absolute Gasteiger partial charge is 0.460 e. The molecule has 1 atom stereocenters. The Morgan fingerprint density at radius 1 is 0.880 bits per heavy atom. The van der Waals surface area contributed by atoms with Gasteiger partial charge in [0.25, 0.3) is 0 Å². The van der Waals surface area contributed by atoms with Gasteiger partial charge in [0, 0.05) is 0 Å². The molecule has 5 heteroatoms. The molecular weight excluding hydrogens is 318 g/mol. The van der Waals surface area contributed by atoms with E-state index in [0.29, 0.717) is 0 Å². The van der Waals surface area contributed by atoms with E-state index < -0.39 is 18.0 Å². The highest BCUT2D eigenvalue weighted by molar-refractivity contribution is 5.80. The minimum absolute atomic E-state index is 0.132. The number of benzene rings is 2. The van der Waals surface area contributed by atoms with Gasteiger partial charge in [-0.25, -0.2) is 4.79 Å². The summed E-state index contributed by atoms with van der Waals surface area (Å²) < 4.78 is 10.1. The lowest BCUT2D eigenvalue weighted by Gasteiger charge is -2.06. The first-order chi connectivity index (χ1) is 12.1. The average molecular weight is 337 g/mol. The first-order valence-corrected chi connectivity index (χ1v) is 7.79. The number of carbonyl (C=O) groups excluding carboxylic acids is 2. The van der Waals surface area contributed by atoms with E-state index in [2.05, 4.69) is 11.8 Å². The molecule has 0 aliphatic rings. The van der Waals surface area contributed by atoms with Crippen LogP contribution in [0, 0.1) is 11.8 Å². The lowest BCUT2D eigenvalue weighted by molar-refractivity contribution is -0.145. The van der Waals surface area contributed by atoms with Crippen molar-refractivity contribution >= 4 is 11.9 Å². The Labute approximate surface area is 146 Å². The van der Waals surface area contributed by atoms with E-state index in [1.54, 1.807) is 0 Å². The van der Waals surface area contributed by atoms with Gasteiger partial charge in [-0.1, -0.05) is 72.5 Å². The van der Waals surface area contributed by atoms with Gasteiger partial charge < -0.3 is 15.2 Å². The highest BCUT2D eigenvalue weighted by Crippen LogP contribution is 2.02. The Kier molecular flexibility index (Phi) is 7.23. The van der Waals surface area contributed by atoms with E-state index in [1.165, 1.54) is 0 Å². The van der Waals surface area contributed by atoms with Crippen LogP contribution >= 0.6 is 0 Å². The number of rotatable bonds is 6. The minimum atomic E-state index is -1.09. The molecule has 0 aliphatic carbocycles. The predicted molar refractivity (Wildman–Crippen MR) is 92.8 cm³/mol. The summed E-state index contributed by atoms with van der Waals surface area (Å²) in [5, 5.41) is 0. The van der Waals surface area contributed by atoms with Crippen LogP contribution in [0.1, 0.15) is 17.5 Å². The van der Waals surface area contributed by atoms with Crippen molar-refractivity contribution in [1.29, 1.82) is 0 Å². The summed E-state index contributed by atoms with van der Waals surface area (Å²) in [5.41, 5.74) is 7.39. The van der Waals surface area contributed by atoms with Gasteiger partial charge >= 0.3 is 11.9 Å². The summed E-state index contributed by atoms with van der Waals surface area (Å²) in [5.74, 6) is 3.95. The molecular formula is C20H19NO4.